The van der Waals surface area contributed by atoms with E-state index in [1.165, 1.54) is 9.13 Å². The zero-order chi connectivity index (χ0) is 10.4. The lowest BCUT2D eigenvalue weighted by molar-refractivity contribution is -0.129. The molecule has 0 radical (unpaired) electrons. The van der Waals surface area contributed by atoms with Crippen LogP contribution in [0.3, 0.4) is 0 Å². The van der Waals surface area contributed by atoms with Gasteiger partial charge in [-0.15, -0.1) is 0 Å². The fraction of sp³-hybridized carbons (Fsp3) is 0.300. The van der Waals surface area contributed by atoms with E-state index in [2.05, 4.69) is 34.7 Å². The van der Waals surface area contributed by atoms with Gasteiger partial charge >= 0.3 is 0 Å². The summed E-state index contributed by atoms with van der Waals surface area (Å²) in [6.07, 6.45) is 1.99. The van der Waals surface area contributed by atoms with Gasteiger partial charge < -0.3 is 0 Å². The van der Waals surface area contributed by atoms with Crippen LogP contribution in [0.2, 0.25) is 0 Å². The van der Waals surface area contributed by atoms with Gasteiger partial charge in [0.25, 0.3) is 0 Å². The van der Waals surface area contributed by atoms with Crippen LogP contribution in [0.4, 0.5) is 0 Å². The second kappa shape index (κ2) is 5.98. The van der Waals surface area contributed by atoms with Crippen LogP contribution in [-0.4, -0.2) is 11.1 Å². The first-order valence-corrected chi connectivity index (χ1v) is 5.47. The molecule has 3 nitrogen and oxygen atoms in total. The van der Waals surface area contributed by atoms with Gasteiger partial charge in [-0.05, 0) is 53.1 Å². The lowest BCUT2D eigenvalue weighted by atomic mass is 10.1. The van der Waals surface area contributed by atoms with Gasteiger partial charge in [0.05, 0.1) is 0 Å². The highest BCUT2D eigenvalue weighted by molar-refractivity contribution is 14.1. The molecule has 1 rings (SSSR count). The largest absolute Gasteiger partial charge is 0.289 e. The van der Waals surface area contributed by atoms with Crippen molar-refractivity contribution in [3.8, 4) is 0 Å². The Morgan fingerprint density at radius 3 is 2.57 bits per heavy atom. The molecule has 0 fully saturated rings. The summed E-state index contributed by atoms with van der Waals surface area (Å²) in [5.41, 5.74) is 2.84. The van der Waals surface area contributed by atoms with E-state index in [0.29, 0.717) is 6.42 Å². The van der Waals surface area contributed by atoms with Crippen molar-refractivity contribution in [2.45, 2.75) is 19.3 Å². The molecule has 0 bridgehead atoms. The van der Waals surface area contributed by atoms with E-state index in [4.69, 9.17) is 5.21 Å². The highest BCUT2D eigenvalue weighted by atomic mass is 127. The molecule has 4 heteroatoms. The number of rotatable bonds is 4. The van der Waals surface area contributed by atoms with Crippen molar-refractivity contribution < 1.29 is 10.0 Å². The average molecular weight is 305 g/mol. The molecular formula is C10H12INO2. The summed E-state index contributed by atoms with van der Waals surface area (Å²) in [5, 5.41) is 8.27. The minimum atomic E-state index is -0.324. The molecule has 1 aromatic carbocycles. The molecule has 0 aliphatic rings. The first kappa shape index (κ1) is 11.5. The van der Waals surface area contributed by atoms with Gasteiger partial charge in [0.15, 0.2) is 0 Å². The van der Waals surface area contributed by atoms with Crippen molar-refractivity contribution >= 4 is 28.5 Å². The summed E-state index contributed by atoms with van der Waals surface area (Å²) in [5.74, 6) is -0.324. The third kappa shape index (κ3) is 4.06. The number of aryl methyl sites for hydroxylation is 1. The Kier molecular flexibility index (Phi) is 4.89. The van der Waals surface area contributed by atoms with Gasteiger partial charge in [-0.3, -0.25) is 10.0 Å². The summed E-state index contributed by atoms with van der Waals surface area (Å²) >= 11 is 2.25. The number of nitrogens with one attached hydrogen (secondary N) is 1. The van der Waals surface area contributed by atoms with Gasteiger partial charge in [-0.25, -0.2) is 5.48 Å². The van der Waals surface area contributed by atoms with Crippen LogP contribution in [0.25, 0.3) is 0 Å². The molecule has 0 saturated carbocycles. The Morgan fingerprint density at radius 1 is 1.36 bits per heavy atom. The van der Waals surface area contributed by atoms with Gasteiger partial charge in [0.1, 0.15) is 0 Å². The van der Waals surface area contributed by atoms with E-state index in [0.717, 1.165) is 12.8 Å². The second-order valence-corrected chi connectivity index (χ2v) is 4.26. The van der Waals surface area contributed by atoms with Gasteiger partial charge in [0.2, 0.25) is 5.91 Å². The molecule has 0 aliphatic carbocycles. The molecular weight excluding hydrogens is 293 g/mol. The Hall–Kier alpha value is -0.620. The lowest BCUT2D eigenvalue weighted by Crippen LogP contribution is -2.18. The Balaban J connectivity index is 2.31. The van der Waals surface area contributed by atoms with E-state index in [1.807, 2.05) is 12.1 Å². The molecule has 1 aromatic rings. The van der Waals surface area contributed by atoms with Crippen molar-refractivity contribution in [2.24, 2.45) is 0 Å². The molecule has 14 heavy (non-hydrogen) atoms. The maximum Gasteiger partial charge on any atom is 0.243 e. The second-order valence-electron chi connectivity index (χ2n) is 3.01. The molecule has 76 valence electrons. The molecule has 2 N–H and O–H groups in total. The number of hydrogen-bond donors (Lipinski definition) is 2. The highest BCUT2D eigenvalue weighted by Gasteiger charge is 1.99. The number of carbonyl (C=O) groups excluding carboxylic acids is 1. The normalized spacial score (nSPS) is 9.86. The van der Waals surface area contributed by atoms with Crippen LogP contribution in [-0.2, 0) is 11.2 Å². The van der Waals surface area contributed by atoms with Gasteiger partial charge in [-0.2, -0.15) is 0 Å². The molecule has 0 unspecified atom stereocenters. The van der Waals surface area contributed by atoms with E-state index in [-0.39, 0.29) is 5.91 Å². The summed E-state index contributed by atoms with van der Waals surface area (Å²) in [7, 11) is 0. The van der Waals surface area contributed by atoms with Gasteiger partial charge in [-0.1, -0.05) is 12.1 Å². The van der Waals surface area contributed by atoms with Crippen LogP contribution < -0.4 is 5.48 Å². The van der Waals surface area contributed by atoms with Gasteiger partial charge in [0, 0.05) is 9.99 Å². The maximum atomic E-state index is 10.7. The standard InChI is InChI=1S/C10H12INO2/c11-9-6-4-8(5-7-9)2-1-3-10(13)12-14/h4-7,14H,1-3H2,(H,12,13). The molecule has 0 saturated heterocycles. The number of hydrogen-bond acceptors (Lipinski definition) is 2. The monoisotopic (exact) mass is 305 g/mol. The number of benzene rings is 1. The third-order valence-electron chi connectivity index (χ3n) is 1.91. The smallest absolute Gasteiger partial charge is 0.243 e. The molecule has 0 spiro atoms. The number of hydroxylamine groups is 1. The van der Waals surface area contributed by atoms with E-state index < -0.39 is 0 Å². The molecule has 0 atom stereocenters. The predicted molar refractivity (Wildman–Crippen MR) is 62.0 cm³/mol. The third-order valence-corrected chi connectivity index (χ3v) is 2.63. The maximum absolute atomic E-state index is 10.7. The first-order valence-electron chi connectivity index (χ1n) is 4.40. The lowest BCUT2D eigenvalue weighted by Gasteiger charge is -2.00. The van der Waals surface area contributed by atoms with E-state index >= 15 is 0 Å². The highest BCUT2D eigenvalue weighted by Crippen LogP contribution is 2.09. The number of halogens is 1. The van der Waals surface area contributed by atoms with Crippen LogP contribution in [0.5, 0.6) is 0 Å². The van der Waals surface area contributed by atoms with Crippen molar-refractivity contribution in [1.82, 2.24) is 5.48 Å². The molecule has 0 aliphatic heterocycles. The summed E-state index contributed by atoms with van der Waals surface area (Å²) < 4.78 is 1.21. The van der Waals surface area contributed by atoms with Crippen LogP contribution in [0, 0.1) is 3.57 Å². The summed E-state index contributed by atoms with van der Waals surface area (Å²) in [4.78, 5) is 10.7. The average Bonchev–Trinajstić information content (AvgIpc) is 2.21. The van der Waals surface area contributed by atoms with Crippen molar-refractivity contribution in [3.05, 3.63) is 33.4 Å². The SMILES string of the molecule is O=C(CCCc1ccc(I)cc1)NO. The first-order chi connectivity index (χ1) is 6.72. The fourth-order valence-electron chi connectivity index (χ4n) is 1.16. The van der Waals surface area contributed by atoms with E-state index in [1.54, 1.807) is 5.48 Å². The van der Waals surface area contributed by atoms with Crippen molar-refractivity contribution in [1.29, 1.82) is 0 Å². The topological polar surface area (TPSA) is 49.3 Å². The quantitative estimate of drug-likeness (QED) is 0.508. The summed E-state index contributed by atoms with van der Waals surface area (Å²) in [6, 6.07) is 8.20. The van der Waals surface area contributed by atoms with Crippen LogP contribution >= 0.6 is 22.6 Å². The minimum Gasteiger partial charge on any atom is -0.289 e. The van der Waals surface area contributed by atoms with Crippen molar-refractivity contribution in [3.63, 3.8) is 0 Å². The Bertz CT molecular complexity index is 297. The Labute approximate surface area is 96.6 Å². The molecule has 0 heterocycles. The zero-order valence-electron chi connectivity index (χ0n) is 7.66. The minimum absolute atomic E-state index is 0.324. The number of carbonyl (C=O) groups is 1. The number of amides is 1. The molecule has 0 aromatic heterocycles. The molecule has 1 amide bonds. The van der Waals surface area contributed by atoms with Crippen LogP contribution in [0.15, 0.2) is 24.3 Å². The Morgan fingerprint density at radius 2 is 2.00 bits per heavy atom. The van der Waals surface area contributed by atoms with Crippen molar-refractivity contribution in [2.75, 3.05) is 0 Å². The predicted octanol–water partition coefficient (Wildman–Crippen LogP) is 2.12. The summed E-state index contributed by atoms with van der Waals surface area (Å²) in [6.45, 7) is 0. The van der Waals surface area contributed by atoms with E-state index in [9.17, 15) is 4.79 Å². The zero-order valence-corrected chi connectivity index (χ0v) is 9.82. The van der Waals surface area contributed by atoms with Crippen LogP contribution in [0.1, 0.15) is 18.4 Å². The fourth-order valence-corrected chi connectivity index (χ4v) is 1.52.